The second-order valence-electron chi connectivity index (χ2n) is 4.27. The third kappa shape index (κ3) is 4.30. The Morgan fingerprint density at radius 3 is 2.37 bits per heavy atom. The summed E-state index contributed by atoms with van der Waals surface area (Å²) in [7, 11) is 1.65. The summed E-state index contributed by atoms with van der Waals surface area (Å²) < 4.78 is 12.1. The molecule has 2 rings (SSSR count). The number of hydrogen-bond acceptors (Lipinski definition) is 2. The minimum Gasteiger partial charge on any atom is -0.359 e. The first-order valence-corrected chi connectivity index (χ1v) is 7.28. The quantitative estimate of drug-likeness (QED) is 0.562. The van der Waals surface area contributed by atoms with Crippen molar-refractivity contribution >= 4 is 22.6 Å². The van der Waals surface area contributed by atoms with Crippen LogP contribution in [0.2, 0.25) is 0 Å². The van der Waals surface area contributed by atoms with Crippen LogP contribution in [0.5, 0.6) is 0 Å². The van der Waals surface area contributed by atoms with Crippen LogP contribution < -0.4 is 0 Å². The Bertz CT molecular complexity index is 499. The molecule has 0 aromatic heterocycles. The molecule has 0 aliphatic carbocycles. The molecule has 19 heavy (non-hydrogen) atoms. The first-order chi connectivity index (χ1) is 9.31. The highest BCUT2D eigenvalue weighted by Crippen LogP contribution is 2.26. The molecule has 0 aliphatic rings. The van der Waals surface area contributed by atoms with Gasteiger partial charge in [0.25, 0.3) is 0 Å². The molecule has 0 saturated heterocycles. The van der Waals surface area contributed by atoms with Crippen LogP contribution in [-0.2, 0) is 15.9 Å². The number of ether oxygens (including phenoxy) is 2. The van der Waals surface area contributed by atoms with E-state index in [9.17, 15) is 0 Å². The van der Waals surface area contributed by atoms with Crippen molar-refractivity contribution in [2.24, 2.45) is 0 Å². The van der Waals surface area contributed by atoms with E-state index in [0.29, 0.717) is 6.79 Å². The summed E-state index contributed by atoms with van der Waals surface area (Å²) >= 11 is 2.35. The summed E-state index contributed by atoms with van der Waals surface area (Å²) in [5.74, 6) is 0. The Morgan fingerprint density at radius 2 is 1.68 bits per heavy atom. The van der Waals surface area contributed by atoms with Crippen molar-refractivity contribution in [1.29, 1.82) is 0 Å². The Hall–Kier alpha value is -0.910. The molecular weight excluding hydrogens is 351 g/mol. The lowest BCUT2D eigenvalue weighted by Crippen LogP contribution is -2.11. The molecule has 3 heteroatoms. The van der Waals surface area contributed by atoms with Gasteiger partial charge in [0.1, 0.15) is 6.79 Å². The molecule has 0 spiro atoms. The number of benzene rings is 2. The summed E-state index contributed by atoms with van der Waals surface area (Å²) in [5, 5.41) is 0. The fourth-order valence-corrected chi connectivity index (χ4v) is 2.71. The molecule has 100 valence electrons. The van der Waals surface area contributed by atoms with Crippen LogP contribution in [0.3, 0.4) is 0 Å². The van der Waals surface area contributed by atoms with Crippen LogP contribution in [0.25, 0.3) is 0 Å². The standard InChI is InChI=1S/C16H17IO2/c1-18-12-19-16(11-13-7-3-2-4-8-13)14-9-5-6-10-15(14)17/h2-10,16H,11-12H2,1H3. The fourth-order valence-electron chi connectivity index (χ4n) is 1.97. The van der Waals surface area contributed by atoms with Crippen LogP contribution in [-0.4, -0.2) is 13.9 Å². The van der Waals surface area contributed by atoms with Crippen molar-refractivity contribution in [1.82, 2.24) is 0 Å². The largest absolute Gasteiger partial charge is 0.359 e. The second-order valence-corrected chi connectivity index (χ2v) is 5.44. The maximum atomic E-state index is 5.84. The monoisotopic (exact) mass is 368 g/mol. The summed E-state index contributed by atoms with van der Waals surface area (Å²) in [6.07, 6.45) is 0.875. The maximum absolute atomic E-state index is 5.84. The summed E-state index contributed by atoms with van der Waals surface area (Å²) in [4.78, 5) is 0. The zero-order valence-corrected chi connectivity index (χ0v) is 13.0. The molecule has 0 N–H and O–H groups in total. The Morgan fingerprint density at radius 1 is 1.00 bits per heavy atom. The molecule has 1 atom stereocenters. The maximum Gasteiger partial charge on any atom is 0.147 e. The van der Waals surface area contributed by atoms with Crippen LogP contribution in [0.4, 0.5) is 0 Å². The van der Waals surface area contributed by atoms with Gasteiger partial charge in [0.2, 0.25) is 0 Å². The van der Waals surface area contributed by atoms with Gasteiger partial charge in [0.05, 0.1) is 6.10 Å². The van der Waals surface area contributed by atoms with E-state index in [1.807, 2.05) is 18.2 Å². The topological polar surface area (TPSA) is 18.5 Å². The first kappa shape index (κ1) is 14.5. The first-order valence-electron chi connectivity index (χ1n) is 6.20. The van der Waals surface area contributed by atoms with Crippen LogP contribution in [0.15, 0.2) is 54.6 Å². The van der Waals surface area contributed by atoms with Crippen LogP contribution in [0, 0.1) is 3.57 Å². The van der Waals surface area contributed by atoms with Gasteiger partial charge in [-0.1, -0.05) is 48.5 Å². The molecule has 0 aliphatic heterocycles. The van der Waals surface area contributed by atoms with E-state index in [1.54, 1.807) is 7.11 Å². The zero-order valence-electron chi connectivity index (χ0n) is 10.9. The molecular formula is C16H17IO2. The summed E-state index contributed by atoms with van der Waals surface area (Å²) in [6, 6.07) is 18.7. The fraction of sp³-hybridized carbons (Fsp3) is 0.250. The van der Waals surface area contributed by atoms with E-state index in [1.165, 1.54) is 14.7 Å². The number of halogens is 1. The van der Waals surface area contributed by atoms with Gasteiger partial charge < -0.3 is 9.47 Å². The number of methoxy groups -OCH3 is 1. The molecule has 2 nitrogen and oxygen atoms in total. The van der Waals surface area contributed by atoms with E-state index in [-0.39, 0.29) is 6.10 Å². The van der Waals surface area contributed by atoms with Gasteiger partial charge in [-0.15, -0.1) is 0 Å². The van der Waals surface area contributed by atoms with Gasteiger partial charge >= 0.3 is 0 Å². The average molecular weight is 368 g/mol. The Kier molecular flexibility index (Phi) is 5.82. The lowest BCUT2D eigenvalue weighted by Gasteiger charge is -2.19. The highest BCUT2D eigenvalue weighted by molar-refractivity contribution is 14.1. The van der Waals surface area contributed by atoms with Crippen molar-refractivity contribution < 1.29 is 9.47 Å². The summed E-state index contributed by atoms with van der Waals surface area (Å²) in [5.41, 5.74) is 2.48. The molecule has 0 fully saturated rings. The average Bonchev–Trinajstić information content (AvgIpc) is 2.45. The highest BCUT2D eigenvalue weighted by Gasteiger charge is 2.15. The molecule has 1 unspecified atom stereocenters. The third-order valence-corrected chi connectivity index (χ3v) is 3.89. The van der Waals surface area contributed by atoms with Gasteiger partial charge in [-0.3, -0.25) is 0 Å². The third-order valence-electron chi connectivity index (χ3n) is 2.90. The molecule has 0 saturated carbocycles. The minimum absolute atomic E-state index is 0.0236. The molecule has 0 amide bonds. The molecule has 0 bridgehead atoms. The summed E-state index contributed by atoms with van der Waals surface area (Å²) in [6.45, 7) is 0.308. The van der Waals surface area contributed by atoms with Gasteiger partial charge in [-0.05, 0) is 39.8 Å². The molecule has 2 aromatic carbocycles. The lowest BCUT2D eigenvalue weighted by atomic mass is 10.0. The van der Waals surface area contributed by atoms with Crippen LogP contribution >= 0.6 is 22.6 Å². The smallest absolute Gasteiger partial charge is 0.147 e. The van der Waals surface area contributed by atoms with E-state index >= 15 is 0 Å². The lowest BCUT2D eigenvalue weighted by molar-refractivity contribution is -0.0732. The molecule has 2 aromatic rings. The van der Waals surface area contributed by atoms with Crippen molar-refractivity contribution in [3.63, 3.8) is 0 Å². The minimum atomic E-state index is 0.0236. The van der Waals surface area contributed by atoms with Crippen molar-refractivity contribution in [3.05, 3.63) is 69.3 Å². The van der Waals surface area contributed by atoms with E-state index in [0.717, 1.165) is 6.42 Å². The van der Waals surface area contributed by atoms with E-state index < -0.39 is 0 Å². The Balaban J connectivity index is 2.19. The van der Waals surface area contributed by atoms with Crippen molar-refractivity contribution in [2.75, 3.05) is 13.9 Å². The van der Waals surface area contributed by atoms with E-state index in [2.05, 4.69) is 59.0 Å². The zero-order chi connectivity index (χ0) is 13.5. The number of rotatable bonds is 6. The van der Waals surface area contributed by atoms with Crippen molar-refractivity contribution in [2.45, 2.75) is 12.5 Å². The predicted molar refractivity (Wildman–Crippen MR) is 85.0 cm³/mol. The number of hydrogen-bond donors (Lipinski definition) is 0. The van der Waals surface area contributed by atoms with Gasteiger partial charge in [0.15, 0.2) is 0 Å². The van der Waals surface area contributed by atoms with Gasteiger partial charge in [-0.2, -0.15) is 0 Å². The van der Waals surface area contributed by atoms with Gasteiger partial charge in [-0.25, -0.2) is 0 Å². The van der Waals surface area contributed by atoms with Crippen LogP contribution in [0.1, 0.15) is 17.2 Å². The second kappa shape index (κ2) is 7.62. The normalized spacial score (nSPS) is 12.3. The van der Waals surface area contributed by atoms with Gasteiger partial charge in [0, 0.05) is 17.1 Å². The molecule has 0 heterocycles. The molecule has 0 radical (unpaired) electrons. The predicted octanol–water partition coefficient (Wildman–Crippen LogP) is 4.20. The SMILES string of the molecule is COCOC(Cc1ccccc1)c1ccccc1I. The highest BCUT2D eigenvalue weighted by atomic mass is 127. The Labute approximate surface area is 127 Å². The van der Waals surface area contributed by atoms with Crippen molar-refractivity contribution in [3.8, 4) is 0 Å². The van der Waals surface area contributed by atoms with E-state index in [4.69, 9.17) is 9.47 Å².